The first-order chi connectivity index (χ1) is 24.7. The van der Waals surface area contributed by atoms with E-state index in [1.54, 1.807) is 0 Å². The number of para-hydroxylation sites is 1. The maximum absolute atomic E-state index is 6.36. The smallest absolute Gasteiger partial charge is 0.137 e. The molecule has 3 aromatic heterocycles. The van der Waals surface area contributed by atoms with Crippen LogP contribution in [0.15, 0.2) is 168 Å². The van der Waals surface area contributed by atoms with Crippen molar-refractivity contribution in [1.29, 1.82) is 0 Å². The maximum Gasteiger partial charge on any atom is 0.137 e. The van der Waals surface area contributed by atoms with Crippen LogP contribution in [0.1, 0.15) is 0 Å². The van der Waals surface area contributed by atoms with E-state index in [-0.39, 0.29) is 0 Å². The molecule has 0 saturated carbocycles. The van der Waals surface area contributed by atoms with Crippen molar-refractivity contribution in [3.63, 3.8) is 0 Å². The lowest BCUT2D eigenvalue weighted by atomic mass is 9.98. The fourth-order valence-electron chi connectivity index (χ4n) is 7.69. The molecule has 0 spiro atoms. The van der Waals surface area contributed by atoms with E-state index in [1.807, 2.05) is 34.8 Å². The highest BCUT2D eigenvalue weighted by Crippen LogP contribution is 2.43. The van der Waals surface area contributed by atoms with Gasteiger partial charge < -0.3 is 9.32 Å². The third-order valence-corrected chi connectivity index (χ3v) is 12.3. The lowest BCUT2D eigenvalue weighted by Crippen LogP contribution is -2.09. The monoisotopic (exact) mass is 673 g/mol. The molecule has 234 valence electrons. The Kier molecular flexibility index (Phi) is 6.03. The molecule has 0 amide bonds. The molecule has 0 aliphatic rings. The topological polar surface area (TPSA) is 16.4 Å². The van der Waals surface area contributed by atoms with Crippen LogP contribution in [-0.4, -0.2) is 0 Å². The Morgan fingerprint density at radius 3 is 1.84 bits per heavy atom. The Labute approximate surface area is 295 Å². The van der Waals surface area contributed by atoms with Gasteiger partial charge in [0.15, 0.2) is 0 Å². The van der Waals surface area contributed by atoms with E-state index >= 15 is 0 Å². The van der Waals surface area contributed by atoms with Gasteiger partial charge in [-0.2, -0.15) is 0 Å². The molecule has 8 aromatic carbocycles. The number of hydrogen-bond donors (Lipinski definition) is 0. The van der Waals surface area contributed by atoms with E-state index in [0.717, 1.165) is 39.0 Å². The Balaban J connectivity index is 1.04. The van der Waals surface area contributed by atoms with E-state index in [9.17, 15) is 0 Å². The zero-order valence-electron chi connectivity index (χ0n) is 26.8. The summed E-state index contributed by atoms with van der Waals surface area (Å²) >= 11 is 3.72. The number of fused-ring (bicyclic) bond motifs is 11. The van der Waals surface area contributed by atoms with E-state index in [4.69, 9.17) is 4.42 Å². The number of anilines is 3. The fraction of sp³-hybridized carbons (Fsp3) is 0. The average Bonchev–Trinajstić information content (AvgIpc) is 3.86. The van der Waals surface area contributed by atoms with Gasteiger partial charge in [0.2, 0.25) is 0 Å². The lowest BCUT2D eigenvalue weighted by Gasteiger charge is -2.26. The van der Waals surface area contributed by atoms with Crippen molar-refractivity contribution in [1.82, 2.24) is 0 Å². The molecule has 0 aliphatic heterocycles. The zero-order valence-corrected chi connectivity index (χ0v) is 28.4. The van der Waals surface area contributed by atoms with Crippen molar-refractivity contribution in [3.8, 4) is 11.1 Å². The number of hydrogen-bond acceptors (Lipinski definition) is 4. The molecule has 0 radical (unpaired) electrons. The van der Waals surface area contributed by atoms with Crippen molar-refractivity contribution in [2.24, 2.45) is 0 Å². The highest BCUT2D eigenvalue weighted by molar-refractivity contribution is 7.26. The first-order valence-corrected chi connectivity index (χ1v) is 18.5. The Bertz CT molecular complexity index is 3110. The molecular weight excluding hydrogens is 647 g/mol. The normalized spacial score (nSPS) is 12.0. The number of nitrogens with zero attached hydrogens (tertiary/aromatic N) is 1. The van der Waals surface area contributed by atoms with Crippen molar-refractivity contribution in [2.75, 3.05) is 4.90 Å². The number of benzene rings is 8. The van der Waals surface area contributed by atoms with Gasteiger partial charge in [-0.05, 0) is 94.7 Å². The summed E-state index contributed by atoms with van der Waals surface area (Å²) in [4.78, 5) is 2.35. The molecule has 0 bridgehead atoms. The number of thiophene rings is 2. The summed E-state index contributed by atoms with van der Waals surface area (Å²) in [5.41, 5.74) is 7.46. The number of rotatable bonds is 4. The summed E-state index contributed by atoms with van der Waals surface area (Å²) in [7, 11) is 0. The molecule has 11 rings (SSSR count). The van der Waals surface area contributed by atoms with Crippen LogP contribution in [0.2, 0.25) is 0 Å². The van der Waals surface area contributed by atoms with Gasteiger partial charge in [-0.3, -0.25) is 0 Å². The van der Waals surface area contributed by atoms with Crippen LogP contribution in [0.3, 0.4) is 0 Å². The van der Waals surface area contributed by atoms with E-state index < -0.39 is 0 Å². The molecule has 3 heterocycles. The molecule has 4 heteroatoms. The third-order valence-electron chi connectivity index (χ3n) is 10.1. The van der Waals surface area contributed by atoms with E-state index in [2.05, 4.69) is 157 Å². The minimum Gasteiger partial charge on any atom is -0.456 e. The average molecular weight is 674 g/mol. The first kappa shape index (κ1) is 28.0. The summed E-state index contributed by atoms with van der Waals surface area (Å²) in [5.74, 6) is 0. The zero-order chi connectivity index (χ0) is 32.8. The van der Waals surface area contributed by atoms with Crippen LogP contribution in [-0.2, 0) is 0 Å². The van der Waals surface area contributed by atoms with Gasteiger partial charge in [0.25, 0.3) is 0 Å². The van der Waals surface area contributed by atoms with Crippen LogP contribution in [0.25, 0.3) is 84.2 Å². The van der Waals surface area contributed by atoms with Crippen molar-refractivity contribution in [3.05, 3.63) is 164 Å². The lowest BCUT2D eigenvalue weighted by molar-refractivity contribution is 0.669. The fourth-order valence-corrected chi connectivity index (χ4v) is 9.90. The molecule has 50 heavy (non-hydrogen) atoms. The predicted octanol–water partition coefficient (Wildman–Crippen LogP) is 14.6. The van der Waals surface area contributed by atoms with Crippen LogP contribution in [0, 0.1) is 0 Å². The Morgan fingerprint density at radius 1 is 0.360 bits per heavy atom. The highest BCUT2D eigenvalue weighted by Gasteiger charge is 2.18. The first-order valence-electron chi connectivity index (χ1n) is 16.8. The molecule has 0 N–H and O–H groups in total. The van der Waals surface area contributed by atoms with Gasteiger partial charge >= 0.3 is 0 Å². The summed E-state index contributed by atoms with van der Waals surface area (Å²) in [5, 5.41) is 10.1. The molecule has 0 fully saturated rings. The second-order valence-electron chi connectivity index (χ2n) is 12.9. The second-order valence-corrected chi connectivity index (χ2v) is 15.1. The van der Waals surface area contributed by atoms with Gasteiger partial charge in [0.05, 0.1) is 0 Å². The summed E-state index contributed by atoms with van der Waals surface area (Å²) in [6.07, 6.45) is 0. The SMILES string of the molecule is c1ccc2c(c1)oc1cc(N(c3ccc(-c4ccc5c(ccc6sc7ccccc7c65)c4)cc3)c3ccc4sc5ccccc5c4c3)ccc12. The predicted molar refractivity (Wildman–Crippen MR) is 217 cm³/mol. The molecule has 0 unspecified atom stereocenters. The summed E-state index contributed by atoms with van der Waals surface area (Å²) in [6.45, 7) is 0. The third kappa shape index (κ3) is 4.26. The van der Waals surface area contributed by atoms with Crippen molar-refractivity contribution < 1.29 is 4.42 Å². The van der Waals surface area contributed by atoms with Gasteiger partial charge in [-0.25, -0.2) is 0 Å². The van der Waals surface area contributed by atoms with Gasteiger partial charge in [0, 0.05) is 74.2 Å². The van der Waals surface area contributed by atoms with Crippen molar-refractivity contribution >= 4 is 113 Å². The van der Waals surface area contributed by atoms with Crippen LogP contribution in [0.4, 0.5) is 17.1 Å². The Hall–Kier alpha value is -5.94. The quantitative estimate of drug-likeness (QED) is 0.185. The van der Waals surface area contributed by atoms with Gasteiger partial charge in [-0.1, -0.05) is 84.9 Å². The standard InChI is InChI=1S/C46H27NOS2/c1-4-10-40-35(7-1)36-22-19-33(27-41(36)48-40)47(32-20-24-44-39(26-32)37-8-2-5-11-42(37)49-44)31-17-13-28(14-18-31)29-15-21-34-30(25-29)16-23-45-46(34)38-9-3-6-12-43(38)50-45/h1-27H. The van der Waals surface area contributed by atoms with E-state index in [0.29, 0.717) is 0 Å². The molecule has 11 aromatic rings. The van der Waals surface area contributed by atoms with Gasteiger partial charge in [0.1, 0.15) is 11.2 Å². The van der Waals surface area contributed by atoms with E-state index in [1.165, 1.54) is 62.2 Å². The minimum atomic E-state index is 0.885. The Morgan fingerprint density at radius 2 is 0.960 bits per heavy atom. The van der Waals surface area contributed by atoms with Crippen LogP contribution in [0.5, 0.6) is 0 Å². The molecule has 0 saturated heterocycles. The van der Waals surface area contributed by atoms with Crippen molar-refractivity contribution in [2.45, 2.75) is 0 Å². The second kappa shape index (κ2) is 10.8. The maximum atomic E-state index is 6.36. The van der Waals surface area contributed by atoms with Crippen LogP contribution < -0.4 is 4.90 Å². The number of furan rings is 1. The summed E-state index contributed by atoms with van der Waals surface area (Å²) < 4.78 is 11.6. The molecule has 0 aliphatic carbocycles. The van der Waals surface area contributed by atoms with Gasteiger partial charge in [-0.15, -0.1) is 22.7 Å². The minimum absolute atomic E-state index is 0.885. The molecule has 2 nitrogen and oxygen atoms in total. The highest BCUT2D eigenvalue weighted by atomic mass is 32.1. The largest absolute Gasteiger partial charge is 0.456 e. The molecule has 0 atom stereocenters. The van der Waals surface area contributed by atoms with Crippen LogP contribution >= 0.6 is 22.7 Å². The summed E-state index contributed by atoms with van der Waals surface area (Å²) in [6, 6.07) is 59.6. The molecular formula is C46H27NOS2.